The van der Waals surface area contributed by atoms with Crippen LogP contribution in [-0.4, -0.2) is 19.7 Å². The molecule has 2 N–H and O–H groups in total. The molecule has 0 saturated carbocycles. The van der Waals surface area contributed by atoms with Crippen molar-refractivity contribution in [1.29, 1.82) is 0 Å². The Morgan fingerprint density at radius 1 is 1.17 bits per heavy atom. The van der Waals surface area contributed by atoms with Crippen LogP contribution < -0.4 is 15.4 Å². The third-order valence-corrected chi connectivity index (χ3v) is 4.24. The van der Waals surface area contributed by atoms with Crippen LogP contribution in [0.2, 0.25) is 5.02 Å². The van der Waals surface area contributed by atoms with Crippen LogP contribution in [0.5, 0.6) is 5.75 Å². The van der Waals surface area contributed by atoms with Gasteiger partial charge in [-0.05, 0) is 42.2 Å². The maximum Gasteiger partial charge on any atom is 0.315 e. The van der Waals surface area contributed by atoms with E-state index < -0.39 is 0 Å². The summed E-state index contributed by atoms with van der Waals surface area (Å²) in [7, 11) is 1.64. The summed E-state index contributed by atoms with van der Waals surface area (Å²) in [5, 5.41) is 6.61. The molecule has 24 heavy (non-hydrogen) atoms. The number of methoxy groups -OCH3 is 1. The van der Waals surface area contributed by atoms with Crippen LogP contribution >= 0.6 is 11.6 Å². The second-order valence-electron chi connectivity index (χ2n) is 5.48. The number of nitrogens with one attached hydrogen (secondary N) is 2. The lowest BCUT2D eigenvalue weighted by Gasteiger charge is -2.18. The summed E-state index contributed by atoms with van der Waals surface area (Å²) in [5.74, 6) is 0.804. The maximum atomic E-state index is 12.1. The van der Waals surface area contributed by atoms with E-state index in [-0.39, 0.29) is 12.1 Å². The summed E-state index contributed by atoms with van der Waals surface area (Å²) in [6, 6.07) is 15.2. The number of benzene rings is 2. The first-order valence-electron chi connectivity index (χ1n) is 8.05. The zero-order valence-corrected chi connectivity index (χ0v) is 14.8. The van der Waals surface area contributed by atoms with Crippen molar-refractivity contribution in [3.8, 4) is 5.75 Å². The van der Waals surface area contributed by atoms with Gasteiger partial charge in [0, 0.05) is 11.6 Å². The molecule has 0 radical (unpaired) electrons. The molecule has 128 valence electrons. The second kappa shape index (κ2) is 9.18. The monoisotopic (exact) mass is 346 g/mol. The molecular formula is C19H23ClN2O2. The number of carbonyl (C=O) groups is 1. The van der Waals surface area contributed by atoms with Crippen molar-refractivity contribution in [3.63, 3.8) is 0 Å². The molecule has 0 aliphatic heterocycles. The molecule has 2 aromatic rings. The first-order valence-corrected chi connectivity index (χ1v) is 8.43. The van der Waals surface area contributed by atoms with Gasteiger partial charge in [-0.3, -0.25) is 0 Å². The Morgan fingerprint density at radius 2 is 1.88 bits per heavy atom. The van der Waals surface area contributed by atoms with Crippen LogP contribution in [0, 0.1) is 0 Å². The van der Waals surface area contributed by atoms with Crippen LogP contribution in [-0.2, 0) is 6.42 Å². The van der Waals surface area contributed by atoms with Crippen molar-refractivity contribution < 1.29 is 9.53 Å². The van der Waals surface area contributed by atoms with Gasteiger partial charge in [-0.15, -0.1) is 0 Å². The normalized spacial score (nSPS) is 11.6. The molecule has 0 heterocycles. The first-order chi connectivity index (χ1) is 11.6. The molecule has 0 aliphatic rings. The van der Waals surface area contributed by atoms with Gasteiger partial charge in [0.25, 0.3) is 0 Å². The molecule has 2 rings (SSSR count). The molecule has 0 spiro atoms. The Hall–Kier alpha value is -2.20. The SMILES string of the molecule is CCC(NC(=O)NCCc1ccccc1Cl)c1ccc(OC)cc1. The molecule has 0 aromatic heterocycles. The van der Waals surface area contributed by atoms with Gasteiger partial charge in [0.2, 0.25) is 0 Å². The fourth-order valence-electron chi connectivity index (χ4n) is 2.48. The summed E-state index contributed by atoms with van der Waals surface area (Å²) >= 11 is 6.11. The summed E-state index contributed by atoms with van der Waals surface area (Å²) in [6.45, 7) is 2.58. The maximum absolute atomic E-state index is 12.1. The minimum absolute atomic E-state index is 0.0313. The van der Waals surface area contributed by atoms with Crippen molar-refractivity contribution in [2.24, 2.45) is 0 Å². The highest BCUT2D eigenvalue weighted by Crippen LogP contribution is 2.20. The molecule has 0 fully saturated rings. The van der Waals surface area contributed by atoms with Gasteiger partial charge >= 0.3 is 6.03 Å². The number of rotatable bonds is 7. The third-order valence-electron chi connectivity index (χ3n) is 3.87. The molecule has 0 saturated heterocycles. The summed E-state index contributed by atoms with van der Waals surface area (Å²) in [5.41, 5.74) is 2.08. The van der Waals surface area contributed by atoms with Gasteiger partial charge in [0.15, 0.2) is 0 Å². The van der Waals surface area contributed by atoms with Crippen molar-refractivity contribution in [2.75, 3.05) is 13.7 Å². The highest BCUT2D eigenvalue weighted by atomic mass is 35.5. The molecule has 1 atom stereocenters. The topological polar surface area (TPSA) is 50.4 Å². The van der Waals surface area contributed by atoms with E-state index in [0.717, 1.165) is 28.3 Å². The van der Waals surface area contributed by atoms with Crippen LogP contribution in [0.1, 0.15) is 30.5 Å². The lowest BCUT2D eigenvalue weighted by molar-refractivity contribution is 0.237. The summed E-state index contributed by atoms with van der Waals surface area (Å²) < 4.78 is 5.16. The van der Waals surface area contributed by atoms with Gasteiger partial charge in [-0.25, -0.2) is 4.79 Å². The Labute approximate surface area is 148 Å². The number of halogens is 1. The average Bonchev–Trinajstić information content (AvgIpc) is 2.61. The number of hydrogen-bond acceptors (Lipinski definition) is 2. The lowest BCUT2D eigenvalue weighted by atomic mass is 10.0. The molecule has 1 unspecified atom stereocenters. The Kier molecular flexibility index (Phi) is 6.94. The average molecular weight is 347 g/mol. The highest BCUT2D eigenvalue weighted by molar-refractivity contribution is 6.31. The summed E-state index contributed by atoms with van der Waals surface area (Å²) in [4.78, 5) is 12.1. The van der Waals surface area contributed by atoms with E-state index in [4.69, 9.17) is 16.3 Å². The first kappa shape index (κ1) is 18.1. The predicted octanol–water partition coefficient (Wildman–Crippen LogP) is 4.34. The molecular weight excluding hydrogens is 324 g/mol. The Morgan fingerprint density at radius 3 is 2.50 bits per heavy atom. The van der Waals surface area contributed by atoms with Crippen LogP contribution in [0.4, 0.5) is 4.79 Å². The molecule has 2 aromatic carbocycles. The van der Waals surface area contributed by atoms with Crippen molar-refractivity contribution in [1.82, 2.24) is 10.6 Å². The van der Waals surface area contributed by atoms with Crippen molar-refractivity contribution in [2.45, 2.75) is 25.8 Å². The zero-order chi connectivity index (χ0) is 17.4. The van der Waals surface area contributed by atoms with E-state index in [1.807, 2.05) is 55.5 Å². The van der Waals surface area contributed by atoms with Crippen LogP contribution in [0.15, 0.2) is 48.5 Å². The number of carbonyl (C=O) groups excluding carboxylic acids is 1. The largest absolute Gasteiger partial charge is 0.497 e. The highest BCUT2D eigenvalue weighted by Gasteiger charge is 2.12. The fraction of sp³-hybridized carbons (Fsp3) is 0.316. The Balaban J connectivity index is 1.84. The number of urea groups is 1. The molecule has 0 aliphatic carbocycles. The molecule has 2 amide bonds. The smallest absolute Gasteiger partial charge is 0.315 e. The second-order valence-corrected chi connectivity index (χ2v) is 5.88. The molecule has 5 heteroatoms. The van der Waals surface area contributed by atoms with E-state index in [1.165, 1.54) is 0 Å². The van der Waals surface area contributed by atoms with E-state index in [1.54, 1.807) is 7.11 Å². The predicted molar refractivity (Wildman–Crippen MR) is 97.7 cm³/mol. The van der Waals surface area contributed by atoms with Crippen molar-refractivity contribution >= 4 is 17.6 Å². The Bertz CT molecular complexity index is 659. The van der Waals surface area contributed by atoms with Crippen molar-refractivity contribution in [3.05, 3.63) is 64.7 Å². The number of amides is 2. The minimum Gasteiger partial charge on any atom is -0.497 e. The van der Waals surface area contributed by atoms with Gasteiger partial charge in [0.05, 0.1) is 13.2 Å². The molecule has 0 bridgehead atoms. The summed E-state index contributed by atoms with van der Waals surface area (Å²) in [6.07, 6.45) is 1.51. The van der Waals surface area contributed by atoms with Crippen LogP contribution in [0.25, 0.3) is 0 Å². The van der Waals surface area contributed by atoms with Gasteiger partial charge < -0.3 is 15.4 Å². The number of ether oxygens (including phenoxy) is 1. The third kappa shape index (κ3) is 5.17. The number of hydrogen-bond donors (Lipinski definition) is 2. The van der Waals surface area contributed by atoms with E-state index in [9.17, 15) is 4.79 Å². The lowest BCUT2D eigenvalue weighted by Crippen LogP contribution is -2.38. The van der Waals surface area contributed by atoms with Gasteiger partial charge in [-0.1, -0.05) is 48.9 Å². The van der Waals surface area contributed by atoms with E-state index in [2.05, 4.69) is 10.6 Å². The van der Waals surface area contributed by atoms with E-state index in [0.29, 0.717) is 13.0 Å². The molecule has 4 nitrogen and oxygen atoms in total. The van der Waals surface area contributed by atoms with Crippen LogP contribution in [0.3, 0.4) is 0 Å². The standard InChI is InChI=1S/C19H23ClN2O2/c1-3-18(15-8-10-16(24-2)11-9-15)22-19(23)21-13-12-14-6-4-5-7-17(14)20/h4-11,18H,3,12-13H2,1-2H3,(H2,21,22,23). The van der Waals surface area contributed by atoms with E-state index >= 15 is 0 Å². The fourth-order valence-corrected chi connectivity index (χ4v) is 2.71. The van der Waals surface area contributed by atoms with Gasteiger partial charge in [-0.2, -0.15) is 0 Å². The zero-order valence-electron chi connectivity index (χ0n) is 14.0. The van der Waals surface area contributed by atoms with Gasteiger partial charge in [0.1, 0.15) is 5.75 Å². The quantitative estimate of drug-likeness (QED) is 0.783. The minimum atomic E-state index is -0.176.